The third kappa shape index (κ3) is 5.32. The fourth-order valence-corrected chi connectivity index (χ4v) is 5.31. The van der Waals surface area contributed by atoms with Gasteiger partial charge in [-0.15, -0.1) is 11.3 Å². The Hall–Kier alpha value is -4.51. The maximum absolute atomic E-state index is 13.6. The topological polar surface area (TPSA) is 121 Å². The number of carbonyl (C=O) groups is 2. The van der Waals surface area contributed by atoms with Gasteiger partial charge in [0.05, 0.1) is 12.0 Å². The van der Waals surface area contributed by atoms with E-state index in [0.717, 1.165) is 34.3 Å². The third-order valence-electron chi connectivity index (χ3n) is 6.20. The predicted octanol–water partition coefficient (Wildman–Crippen LogP) is 7.45. The van der Waals surface area contributed by atoms with Gasteiger partial charge in [0.15, 0.2) is 5.76 Å². The van der Waals surface area contributed by atoms with Crippen LogP contribution >= 0.6 is 11.3 Å². The number of thiophene rings is 1. The lowest BCUT2D eigenvalue weighted by atomic mass is 10.0. The van der Waals surface area contributed by atoms with Crippen LogP contribution in [0, 0.1) is 6.92 Å². The fourth-order valence-electron chi connectivity index (χ4n) is 4.29. The van der Waals surface area contributed by atoms with Gasteiger partial charge in [0.1, 0.15) is 39.3 Å². The number of alkyl halides is 2. The minimum atomic E-state index is -2.87. The van der Waals surface area contributed by atoms with E-state index in [1.807, 2.05) is 25.1 Å². The molecule has 0 aliphatic heterocycles. The van der Waals surface area contributed by atoms with Gasteiger partial charge in [0.25, 0.3) is 18.2 Å². The van der Waals surface area contributed by atoms with Crippen molar-refractivity contribution in [3.05, 3.63) is 88.0 Å². The number of pyridine rings is 1. The van der Waals surface area contributed by atoms with Crippen molar-refractivity contribution in [1.82, 2.24) is 4.98 Å². The molecule has 0 fully saturated rings. The number of benzene rings is 1. The largest absolute Gasteiger partial charge is 0.485 e. The van der Waals surface area contributed by atoms with Crippen molar-refractivity contribution < 1.29 is 31.9 Å². The highest BCUT2D eigenvalue weighted by atomic mass is 32.1. The first-order chi connectivity index (χ1) is 19.1. The normalized spacial score (nSPS) is 11.5. The zero-order valence-corrected chi connectivity index (χ0v) is 22.6. The quantitative estimate of drug-likeness (QED) is 0.192. The van der Waals surface area contributed by atoms with E-state index in [0.29, 0.717) is 5.76 Å². The maximum Gasteiger partial charge on any atom is 0.291 e. The fraction of sp³-hybridized carbons (Fsp3) is 0.207. The number of anilines is 1. The minimum Gasteiger partial charge on any atom is -0.485 e. The molecule has 0 atom stereocenters. The molecule has 4 heterocycles. The van der Waals surface area contributed by atoms with E-state index in [1.165, 1.54) is 12.3 Å². The van der Waals surface area contributed by atoms with Crippen LogP contribution in [-0.4, -0.2) is 16.8 Å². The summed E-state index contributed by atoms with van der Waals surface area (Å²) in [5.41, 5.74) is 7.45. The molecule has 8 nitrogen and oxygen atoms in total. The SMILES string of the molecule is Cc1ccc(C(C)C)c(OCc2ccc(C(=O)Nc3c(C(N)=O)sc4nc(C(F)F)cc(-c5ccco5)c34)o2)c1. The summed E-state index contributed by atoms with van der Waals surface area (Å²) in [4.78, 5) is 29.6. The van der Waals surface area contributed by atoms with Gasteiger partial charge in [-0.25, -0.2) is 13.8 Å². The van der Waals surface area contributed by atoms with Gasteiger partial charge >= 0.3 is 0 Å². The Morgan fingerprint density at radius 1 is 1.15 bits per heavy atom. The molecule has 0 saturated carbocycles. The number of amides is 2. The number of carbonyl (C=O) groups excluding carboxylic acids is 2. The van der Waals surface area contributed by atoms with Crippen LogP contribution in [0.15, 0.2) is 63.6 Å². The van der Waals surface area contributed by atoms with Crippen molar-refractivity contribution in [3.8, 4) is 17.1 Å². The Morgan fingerprint density at radius 3 is 2.62 bits per heavy atom. The molecule has 0 bridgehead atoms. The first-order valence-electron chi connectivity index (χ1n) is 12.3. The molecule has 0 aliphatic rings. The third-order valence-corrected chi connectivity index (χ3v) is 7.30. The minimum absolute atomic E-state index is 0.0350. The van der Waals surface area contributed by atoms with Crippen molar-refractivity contribution in [2.75, 3.05) is 5.32 Å². The molecule has 0 radical (unpaired) electrons. The molecule has 206 valence electrons. The molecular weight excluding hydrogens is 540 g/mol. The van der Waals surface area contributed by atoms with E-state index in [4.69, 9.17) is 19.3 Å². The monoisotopic (exact) mass is 565 g/mol. The van der Waals surface area contributed by atoms with Crippen LogP contribution in [-0.2, 0) is 6.61 Å². The zero-order valence-electron chi connectivity index (χ0n) is 21.8. The van der Waals surface area contributed by atoms with Crippen LogP contribution in [0.3, 0.4) is 0 Å². The van der Waals surface area contributed by atoms with Crippen molar-refractivity contribution in [3.63, 3.8) is 0 Å². The number of hydrogen-bond donors (Lipinski definition) is 2. The Morgan fingerprint density at radius 2 is 1.95 bits per heavy atom. The number of ether oxygens (including phenoxy) is 1. The molecule has 5 aromatic rings. The van der Waals surface area contributed by atoms with Crippen molar-refractivity contribution in [1.29, 1.82) is 0 Å². The first kappa shape index (κ1) is 27.1. The number of primary amides is 1. The molecule has 1 aromatic carbocycles. The number of nitrogens with one attached hydrogen (secondary N) is 1. The lowest BCUT2D eigenvalue weighted by Gasteiger charge is -2.14. The first-order valence-corrected chi connectivity index (χ1v) is 13.2. The molecule has 11 heteroatoms. The van der Waals surface area contributed by atoms with E-state index in [9.17, 15) is 18.4 Å². The van der Waals surface area contributed by atoms with Crippen molar-refractivity contribution in [2.45, 2.75) is 39.7 Å². The highest BCUT2D eigenvalue weighted by Crippen LogP contribution is 2.42. The van der Waals surface area contributed by atoms with Gasteiger partial charge < -0.3 is 24.6 Å². The van der Waals surface area contributed by atoms with Gasteiger partial charge in [-0.2, -0.15) is 0 Å². The van der Waals surface area contributed by atoms with Crippen LogP contribution < -0.4 is 15.8 Å². The molecule has 4 aromatic heterocycles. The summed E-state index contributed by atoms with van der Waals surface area (Å²) in [5, 5.41) is 2.92. The number of hydrogen-bond acceptors (Lipinski definition) is 7. The number of aryl methyl sites for hydroxylation is 1. The van der Waals surface area contributed by atoms with Gasteiger partial charge in [0.2, 0.25) is 0 Å². The van der Waals surface area contributed by atoms with Crippen LogP contribution in [0.2, 0.25) is 0 Å². The molecule has 5 rings (SSSR count). The van der Waals surface area contributed by atoms with Gasteiger partial charge in [0, 0.05) is 10.9 Å². The molecule has 2 amide bonds. The lowest BCUT2D eigenvalue weighted by Crippen LogP contribution is -2.16. The second kappa shape index (κ2) is 10.9. The summed E-state index contributed by atoms with van der Waals surface area (Å²) >= 11 is 0.802. The van der Waals surface area contributed by atoms with E-state index in [-0.39, 0.29) is 50.4 Å². The average molecular weight is 566 g/mol. The zero-order chi connectivity index (χ0) is 28.6. The number of nitrogens with zero attached hydrogens (tertiary/aromatic N) is 1. The Kier molecular flexibility index (Phi) is 7.40. The standard InChI is InChI=1S/C29H25F2N3O5S/c1-14(2)17-8-6-15(3)11-22(17)38-13-16-7-9-21(39-16)28(36)34-24-23-18(20-5-4-10-37-20)12-19(26(30)31)33-29(23)40-25(24)27(32)35/h4-12,14,26H,13H2,1-3H3,(H2,32,35)(H,34,36). The number of furan rings is 2. The Bertz CT molecular complexity index is 1710. The smallest absolute Gasteiger partial charge is 0.291 e. The molecule has 0 spiro atoms. The summed E-state index contributed by atoms with van der Waals surface area (Å²) in [6.07, 6.45) is -1.48. The van der Waals surface area contributed by atoms with E-state index in [1.54, 1.807) is 18.2 Å². The Balaban J connectivity index is 1.45. The number of nitrogens with two attached hydrogens (primary N) is 1. The van der Waals surface area contributed by atoms with Crippen molar-refractivity contribution in [2.24, 2.45) is 5.73 Å². The molecule has 3 N–H and O–H groups in total. The molecule has 0 saturated heterocycles. The second-order valence-corrected chi connectivity index (χ2v) is 10.4. The number of halogens is 2. The molecule has 0 aliphatic carbocycles. The molecule has 40 heavy (non-hydrogen) atoms. The lowest BCUT2D eigenvalue weighted by molar-refractivity contribution is 0.0992. The molecular formula is C29H25F2N3O5S. The van der Waals surface area contributed by atoms with Gasteiger partial charge in [-0.3, -0.25) is 9.59 Å². The summed E-state index contributed by atoms with van der Waals surface area (Å²) in [6, 6.07) is 13.4. The number of fused-ring (bicyclic) bond motifs is 1. The van der Waals surface area contributed by atoms with Gasteiger partial charge in [-0.1, -0.05) is 26.0 Å². The number of rotatable bonds is 9. The van der Waals surface area contributed by atoms with Crippen LogP contribution in [0.25, 0.3) is 21.5 Å². The van der Waals surface area contributed by atoms with Gasteiger partial charge in [-0.05, 0) is 60.4 Å². The van der Waals surface area contributed by atoms with Crippen LogP contribution in [0.5, 0.6) is 5.75 Å². The average Bonchev–Trinajstić information content (AvgIpc) is 3.67. The van der Waals surface area contributed by atoms with Crippen molar-refractivity contribution >= 4 is 39.1 Å². The summed E-state index contributed by atoms with van der Waals surface area (Å²) in [6.45, 7) is 6.21. The highest BCUT2D eigenvalue weighted by molar-refractivity contribution is 7.21. The highest BCUT2D eigenvalue weighted by Gasteiger charge is 2.26. The van der Waals surface area contributed by atoms with E-state index >= 15 is 0 Å². The van der Waals surface area contributed by atoms with E-state index in [2.05, 4.69) is 24.1 Å². The second-order valence-electron chi connectivity index (χ2n) is 9.43. The summed E-state index contributed by atoms with van der Waals surface area (Å²) in [7, 11) is 0. The van der Waals surface area contributed by atoms with E-state index < -0.39 is 23.9 Å². The Labute approximate surface area is 231 Å². The predicted molar refractivity (Wildman–Crippen MR) is 147 cm³/mol. The van der Waals surface area contributed by atoms with Crippen LogP contribution in [0.1, 0.15) is 69.0 Å². The molecule has 0 unspecified atom stereocenters. The maximum atomic E-state index is 13.6. The number of aromatic nitrogens is 1. The summed E-state index contributed by atoms with van der Waals surface area (Å²) in [5.74, 6) is 0.0859. The summed E-state index contributed by atoms with van der Waals surface area (Å²) < 4.78 is 44.4. The van der Waals surface area contributed by atoms with Crippen LogP contribution in [0.4, 0.5) is 14.5 Å².